The number of ether oxygens (including phenoxy) is 3. The number of hydrogen-bond donors (Lipinski definition) is 1. The van der Waals surface area contributed by atoms with Gasteiger partial charge in [-0.25, -0.2) is 9.59 Å². The molecule has 0 aliphatic heterocycles. The number of esters is 1. The van der Waals surface area contributed by atoms with Gasteiger partial charge in [0.2, 0.25) is 0 Å². The van der Waals surface area contributed by atoms with Crippen LogP contribution < -0.4 is 10.1 Å². The Morgan fingerprint density at radius 3 is 2.31 bits per heavy atom. The van der Waals surface area contributed by atoms with Gasteiger partial charge in [-0.05, 0) is 58.2 Å². The summed E-state index contributed by atoms with van der Waals surface area (Å²) in [6, 6.07) is 3.63. The molecule has 0 aromatic heterocycles. The van der Waals surface area contributed by atoms with Gasteiger partial charge in [-0.2, -0.15) is 0 Å². The average molecular weight is 462 g/mol. The molecule has 0 unspecified atom stereocenters. The van der Waals surface area contributed by atoms with Crippen molar-refractivity contribution in [2.75, 3.05) is 20.3 Å². The van der Waals surface area contributed by atoms with Crippen LogP contribution in [-0.2, 0) is 9.47 Å². The molecule has 1 amide bonds. The van der Waals surface area contributed by atoms with E-state index in [-0.39, 0.29) is 12.1 Å². The number of alkyl carbamates (subject to hydrolysis) is 1. The van der Waals surface area contributed by atoms with Crippen LogP contribution in [0.15, 0.2) is 12.1 Å². The highest BCUT2D eigenvalue weighted by Gasteiger charge is 2.16. The van der Waals surface area contributed by atoms with E-state index in [1.165, 1.54) is 7.11 Å². The van der Waals surface area contributed by atoms with Gasteiger partial charge in [0.15, 0.2) is 0 Å². The fourth-order valence-corrected chi connectivity index (χ4v) is 3.26. The Balaban J connectivity index is 2.55. The minimum absolute atomic E-state index is 0.380. The number of carbonyl (C=O) groups is 2. The van der Waals surface area contributed by atoms with Gasteiger partial charge in [-0.1, -0.05) is 38.4 Å². The first-order valence-corrected chi connectivity index (χ1v) is 14.7. The van der Waals surface area contributed by atoms with Crippen LogP contribution in [0.5, 0.6) is 5.75 Å². The Bertz CT molecular complexity index is 841. The quantitative estimate of drug-likeness (QED) is 0.228. The van der Waals surface area contributed by atoms with Crippen LogP contribution in [0.4, 0.5) is 4.79 Å². The first kappa shape index (κ1) is 27.6. The van der Waals surface area contributed by atoms with Gasteiger partial charge in [0.05, 0.1) is 19.3 Å². The number of hydrogen-bond acceptors (Lipinski definition) is 5. The van der Waals surface area contributed by atoms with E-state index in [4.69, 9.17) is 14.2 Å². The van der Waals surface area contributed by atoms with Crippen molar-refractivity contribution in [3.8, 4) is 17.2 Å². The topological polar surface area (TPSA) is 73.9 Å². The molecule has 1 aromatic carbocycles. The highest BCUT2D eigenvalue weighted by atomic mass is 28.3. The molecule has 7 heteroatoms. The first-order valence-electron chi connectivity index (χ1n) is 11.2. The van der Waals surface area contributed by atoms with Crippen molar-refractivity contribution < 1.29 is 23.8 Å². The van der Waals surface area contributed by atoms with Gasteiger partial charge in [0.25, 0.3) is 0 Å². The van der Waals surface area contributed by atoms with Gasteiger partial charge in [0.1, 0.15) is 19.4 Å². The molecule has 1 rings (SSSR count). The van der Waals surface area contributed by atoms with Gasteiger partial charge >= 0.3 is 12.1 Å². The summed E-state index contributed by atoms with van der Waals surface area (Å²) in [5, 5.41) is 2.77. The summed E-state index contributed by atoms with van der Waals surface area (Å²) < 4.78 is 16.0. The predicted octanol–water partition coefficient (Wildman–Crippen LogP) is 5.47. The minimum atomic E-state index is -1.55. The van der Waals surface area contributed by atoms with E-state index in [0.717, 1.165) is 36.8 Å². The molecule has 0 bridgehead atoms. The number of carbonyl (C=O) groups excluding carboxylic acids is 2. The van der Waals surface area contributed by atoms with Crippen molar-refractivity contribution in [1.82, 2.24) is 5.32 Å². The first-order chi connectivity index (χ1) is 14.8. The van der Waals surface area contributed by atoms with E-state index in [9.17, 15) is 9.59 Å². The number of methoxy groups -OCH3 is 1. The Morgan fingerprint density at radius 1 is 1.06 bits per heavy atom. The lowest BCUT2D eigenvalue weighted by molar-refractivity contribution is 0.0525. The molecule has 0 fully saturated rings. The van der Waals surface area contributed by atoms with Gasteiger partial charge < -0.3 is 19.5 Å². The largest absolute Gasteiger partial charge is 0.494 e. The molecule has 0 aliphatic rings. The van der Waals surface area contributed by atoms with Crippen LogP contribution in [0.3, 0.4) is 0 Å². The standard InChI is InChI=1S/C25H39NO5Si/c1-19-20(13-16-32(6,7)8)17-21(18-22(19)23(27)29-5)30-15-12-10-9-11-14-26-24(28)31-25(2,3)4/h17-18H,9-12,14-15H2,1-8H3,(H,26,28). The molecule has 178 valence electrons. The summed E-state index contributed by atoms with van der Waals surface area (Å²) in [7, 11) is -0.176. The van der Waals surface area contributed by atoms with Crippen molar-refractivity contribution in [3.05, 3.63) is 28.8 Å². The van der Waals surface area contributed by atoms with E-state index in [1.54, 1.807) is 6.07 Å². The maximum atomic E-state index is 12.2. The summed E-state index contributed by atoms with van der Waals surface area (Å²) in [5.74, 6) is 3.48. The van der Waals surface area contributed by atoms with E-state index < -0.39 is 13.7 Å². The summed E-state index contributed by atoms with van der Waals surface area (Å²) in [6.07, 6.45) is 3.34. The zero-order chi connectivity index (χ0) is 24.4. The Hall–Kier alpha value is -2.46. The number of amides is 1. The van der Waals surface area contributed by atoms with Crippen LogP contribution in [0.25, 0.3) is 0 Å². The summed E-state index contributed by atoms with van der Waals surface area (Å²) in [4.78, 5) is 23.8. The van der Waals surface area contributed by atoms with Crippen LogP contribution in [0, 0.1) is 18.4 Å². The zero-order valence-corrected chi connectivity index (χ0v) is 21.9. The third kappa shape index (κ3) is 11.2. The third-order valence-corrected chi connectivity index (χ3v) is 5.24. The van der Waals surface area contributed by atoms with Gasteiger partial charge in [-0.15, -0.1) is 5.54 Å². The maximum Gasteiger partial charge on any atom is 0.407 e. The van der Waals surface area contributed by atoms with E-state index >= 15 is 0 Å². The Labute approximate surface area is 194 Å². The molecular weight excluding hydrogens is 422 g/mol. The molecule has 0 saturated heterocycles. The fraction of sp³-hybridized carbons (Fsp3) is 0.600. The third-order valence-electron chi connectivity index (χ3n) is 4.37. The van der Waals surface area contributed by atoms with Crippen LogP contribution in [0.1, 0.15) is 67.9 Å². The van der Waals surface area contributed by atoms with Crippen LogP contribution in [0.2, 0.25) is 19.6 Å². The predicted molar refractivity (Wildman–Crippen MR) is 131 cm³/mol. The molecule has 0 radical (unpaired) electrons. The second-order valence-electron chi connectivity index (χ2n) is 9.83. The molecule has 1 N–H and O–H groups in total. The molecule has 0 atom stereocenters. The van der Waals surface area contributed by atoms with Crippen molar-refractivity contribution >= 4 is 20.1 Å². The number of unbranched alkanes of at least 4 members (excludes halogenated alkanes) is 3. The molecule has 0 saturated carbocycles. The Morgan fingerprint density at radius 2 is 1.72 bits per heavy atom. The molecule has 0 heterocycles. The SMILES string of the molecule is COC(=O)c1cc(OCCCCCCNC(=O)OC(C)(C)C)cc(C#C[Si](C)(C)C)c1C. The molecular formula is C25H39NO5Si. The summed E-state index contributed by atoms with van der Waals surface area (Å²) in [6.45, 7) is 15.1. The zero-order valence-electron chi connectivity index (χ0n) is 20.9. The molecule has 0 aliphatic carbocycles. The normalized spacial score (nSPS) is 11.2. The van der Waals surface area contributed by atoms with Crippen molar-refractivity contribution in [2.24, 2.45) is 0 Å². The van der Waals surface area contributed by atoms with Crippen molar-refractivity contribution in [1.29, 1.82) is 0 Å². The van der Waals surface area contributed by atoms with Crippen LogP contribution >= 0.6 is 0 Å². The Kier molecular flexibility index (Phi) is 10.8. The van der Waals surface area contributed by atoms with E-state index in [2.05, 4.69) is 36.4 Å². The molecule has 32 heavy (non-hydrogen) atoms. The number of benzene rings is 1. The fourth-order valence-electron chi connectivity index (χ4n) is 2.75. The highest BCUT2D eigenvalue weighted by molar-refractivity contribution is 6.83. The summed E-state index contributed by atoms with van der Waals surface area (Å²) in [5.41, 5.74) is 4.97. The minimum Gasteiger partial charge on any atom is -0.494 e. The van der Waals surface area contributed by atoms with Crippen molar-refractivity contribution in [3.63, 3.8) is 0 Å². The molecule has 1 aromatic rings. The smallest absolute Gasteiger partial charge is 0.407 e. The monoisotopic (exact) mass is 461 g/mol. The van der Waals surface area contributed by atoms with Crippen molar-refractivity contribution in [2.45, 2.75) is 78.6 Å². The van der Waals surface area contributed by atoms with Crippen LogP contribution in [-0.4, -0.2) is 46.0 Å². The average Bonchev–Trinajstić information content (AvgIpc) is 2.67. The lowest BCUT2D eigenvalue weighted by Gasteiger charge is -2.19. The van der Waals surface area contributed by atoms with Gasteiger partial charge in [0, 0.05) is 12.1 Å². The lowest BCUT2D eigenvalue weighted by atomic mass is 10.0. The highest BCUT2D eigenvalue weighted by Crippen LogP contribution is 2.23. The lowest BCUT2D eigenvalue weighted by Crippen LogP contribution is -2.32. The van der Waals surface area contributed by atoms with E-state index in [1.807, 2.05) is 33.8 Å². The number of nitrogens with one attached hydrogen (secondary N) is 1. The molecule has 0 spiro atoms. The number of rotatable bonds is 9. The summed E-state index contributed by atoms with van der Waals surface area (Å²) >= 11 is 0. The second kappa shape index (κ2) is 12.5. The van der Waals surface area contributed by atoms with Gasteiger partial charge in [-0.3, -0.25) is 0 Å². The van der Waals surface area contributed by atoms with E-state index in [0.29, 0.717) is 24.5 Å². The maximum absolute atomic E-state index is 12.2. The second-order valence-corrected chi connectivity index (χ2v) is 14.6. The molecule has 6 nitrogen and oxygen atoms in total.